The first-order chi connectivity index (χ1) is 17.4. The van der Waals surface area contributed by atoms with Crippen LogP contribution in [0.2, 0.25) is 0 Å². The lowest BCUT2D eigenvalue weighted by Crippen LogP contribution is -2.72. The Morgan fingerprint density at radius 1 is 0.973 bits per heavy atom. The second-order valence-electron chi connectivity index (χ2n) is 10.3. The summed E-state index contributed by atoms with van der Waals surface area (Å²) in [5.74, 6) is -7.19. The number of Topliss-reactive ketones (excluding diaryl/α,β-unsaturated/α-hetero) is 4. The van der Waals surface area contributed by atoms with Crippen molar-refractivity contribution < 1.29 is 36.9 Å². The number of carbonyl (C=O) groups is 4. The zero-order valence-electron chi connectivity index (χ0n) is 20.6. The number of aliphatic hydroxyl groups is 1. The third-order valence-electron chi connectivity index (χ3n) is 8.00. The Bertz CT molecular complexity index is 1430. The fourth-order valence-corrected chi connectivity index (χ4v) is 7.24. The molecule has 6 unspecified atom stereocenters. The SMILES string of the molecule is CC1C(=O)C(N(C)C)C2CC3Cc4cccc(OS(=O)(=O)c5ccccc5)c4C(=O)C3C(=O)C2(O)C1=O. The van der Waals surface area contributed by atoms with Crippen molar-refractivity contribution in [3.63, 3.8) is 0 Å². The van der Waals surface area contributed by atoms with Gasteiger partial charge in [-0.15, -0.1) is 0 Å². The summed E-state index contributed by atoms with van der Waals surface area (Å²) in [6, 6.07) is 11.2. The summed E-state index contributed by atoms with van der Waals surface area (Å²) in [4.78, 5) is 55.3. The van der Waals surface area contributed by atoms with Crippen molar-refractivity contribution in [1.29, 1.82) is 0 Å². The number of carbonyl (C=O) groups excluding carboxylic acids is 4. The summed E-state index contributed by atoms with van der Waals surface area (Å²) in [7, 11) is -0.961. The maximum absolute atomic E-state index is 13.8. The molecule has 0 radical (unpaired) electrons. The van der Waals surface area contributed by atoms with Gasteiger partial charge in [0.25, 0.3) is 0 Å². The van der Waals surface area contributed by atoms with Gasteiger partial charge in [-0.1, -0.05) is 30.3 Å². The highest BCUT2D eigenvalue weighted by Gasteiger charge is 2.67. The second-order valence-corrected chi connectivity index (χ2v) is 11.9. The van der Waals surface area contributed by atoms with E-state index in [0.717, 1.165) is 0 Å². The van der Waals surface area contributed by atoms with Gasteiger partial charge in [0.15, 0.2) is 34.5 Å². The van der Waals surface area contributed by atoms with Crippen LogP contribution in [0.4, 0.5) is 0 Å². The highest BCUT2D eigenvalue weighted by atomic mass is 32.2. The molecule has 2 saturated carbocycles. The fraction of sp³-hybridized carbons (Fsp3) is 0.407. The standard InChI is InChI=1S/C27H27NO8S/c1-14-23(29)22(28(2)3)18-13-16-12-15-8-7-11-19(36-37(34,35)17-9-5-4-6-10-17)20(15)24(30)21(16)26(32)27(18,33)25(14)31/h4-11,14,16,18,21-22,33H,12-13H2,1-3H3. The monoisotopic (exact) mass is 525 g/mol. The van der Waals surface area contributed by atoms with Gasteiger partial charge in [0.2, 0.25) is 0 Å². The molecule has 37 heavy (non-hydrogen) atoms. The van der Waals surface area contributed by atoms with E-state index in [0.29, 0.717) is 5.56 Å². The third kappa shape index (κ3) is 3.69. The molecule has 10 heteroatoms. The molecule has 3 aliphatic carbocycles. The van der Waals surface area contributed by atoms with Crippen LogP contribution >= 0.6 is 0 Å². The van der Waals surface area contributed by atoms with Gasteiger partial charge < -0.3 is 9.29 Å². The molecule has 0 heterocycles. The molecule has 2 aromatic rings. The lowest BCUT2D eigenvalue weighted by molar-refractivity contribution is -0.180. The van der Waals surface area contributed by atoms with E-state index in [1.165, 1.54) is 37.3 Å². The lowest BCUT2D eigenvalue weighted by Gasteiger charge is -2.52. The average molecular weight is 526 g/mol. The molecule has 5 rings (SSSR count). The van der Waals surface area contributed by atoms with Crippen molar-refractivity contribution in [2.75, 3.05) is 14.1 Å². The van der Waals surface area contributed by atoms with Crippen LogP contribution in [0.15, 0.2) is 53.4 Å². The van der Waals surface area contributed by atoms with Crippen molar-refractivity contribution >= 4 is 33.3 Å². The molecule has 1 N–H and O–H groups in total. The Morgan fingerprint density at radius 2 is 1.65 bits per heavy atom. The van der Waals surface area contributed by atoms with Gasteiger partial charge in [0.05, 0.1) is 23.4 Å². The van der Waals surface area contributed by atoms with E-state index < -0.39 is 62.8 Å². The van der Waals surface area contributed by atoms with Crippen LogP contribution in [0, 0.1) is 23.7 Å². The minimum Gasteiger partial charge on any atom is -0.378 e. The third-order valence-corrected chi connectivity index (χ3v) is 9.25. The van der Waals surface area contributed by atoms with Crippen LogP contribution in [0.25, 0.3) is 0 Å². The molecule has 0 aromatic heterocycles. The number of likely N-dealkylation sites (N-methyl/N-ethyl adjacent to an activating group) is 1. The van der Waals surface area contributed by atoms with E-state index in [1.807, 2.05) is 0 Å². The quantitative estimate of drug-likeness (QED) is 0.465. The smallest absolute Gasteiger partial charge is 0.339 e. The Balaban J connectivity index is 1.57. The van der Waals surface area contributed by atoms with Crippen LogP contribution in [0.3, 0.4) is 0 Å². The van der Waals surface area contributed by atoms with E-state index in [4.69, 9.17) is 4.18 Å². The maximum atomic E-state index is 13.8. The highest BCUT2D eigenvalue weighted by molar-refractivity contribution is 7.87. The molecule has 0 saturated heterocycles. The number of benzene rings is 2. The Labute approximate surface area is 214 Å². The molecule has 6 atom stereocenters. The van der Waals surface area contributed by atoms with Gasteiger partial charge in [0, 0.05) is 5.92 Å². The van der Waals surface area contributed by atoms with Gasteiger partial charge >= 0.3 is 10.1 Å². The van der Waals surface area contributed by atoms with Crippen molar-refractivity contribution in [3.05, 3.63) is 59.7 Å². The van der Waals surface area contributed by atoms with E-state index in [2.05, 4.69) is 0 Å². The Hall–Kier alpha value is -3.21. The predicted molar refractivity (Wildman–Crippen MR) is 130 cm³/mol. The summed E-state index contributed by atoms with van der Waals surface area (Å²) in [6.07, 6.45) is 0.337. The number of fused-ring (bicyclic) bond motifs is 3. The number of rotatable bonds is 4. The molecule has 2 aromatic carbocycles. The number of hydrogen-bond acceptors (Lipinski definition) is 9. The van der Waals surface area contributed by atoms with Crippen molar-refractivity contribution in [2.24, 2.45) is 23.7 Å². The van der Waals surface area contributed by atoms with E-state index in [9.17, 15) is 32.7 Å². The molecular formula is C27H27NO8S. The number of nitrogens with zero attached hydrogens (tertiary/aromatic N) is 1. The zero-order valence-corrected chi connectivity index (χ0v) is 21.4. The second kappa shape index (κ2) is 8.68. The molecule has 2 fully saturated rings. The van der Waals surface area contributed by atoms with Crippen molar-refractivity contribution in [2.45, 2.75) is 36.3 Å². The van der Waals surface area contributed by atoms with Gasteiger partial charge in [0.1, 0.15) is 4.90 Å². The molecule has 0 amide bonds. The summed E-state index contributed by atoms with van der Waals surface area (Å²) in [5.41, 5.74) is -2.02. The van der Waals surface area contributed by atoms with Crippen molar-refractivity contribution in [1.82, 2.24) is 4.90 Å². The minimum atomic E-state index is -4.27. The van der Waals surface area contributed by atoms with Crippen LogP contribution in [-0.4, -0.2) is 67.3 Å². The van der Waals surface area contributed by atoms with Crippen LogP contribution in [0.1, 0.15) is 29.3 Å². The van der Waals surface area contributed by atoms with E-state index in [-0.39, 0.29) is 34.8 Å². The minimum absolute atomic E-state index is 0.0461. The van der Waals surface area contributed by atoms with Crippen LogP contribution in [0.5, 0.6) is 5.75 Å². The topological polar surface area (TPSA) is 135 Å². The molecule has 0 aliphatic heterocycles. The molecular weight excluding hydrogens is 498 g/mol. The largest absolute Gasteiger partial charge is 0.378 e. The first-order valence-electron chi connectivity index (χ1n) is 12.1. The van der Waals surface area contributed by atoms with Crippen molar-refractivity contribution in [3.8, 4) is 5.75 Å². The normalized spacial score (nSPS) is 31.5. The molecule has 0 spiro atoms. The summed E-state index contributed by atoms with van der Waals surface area (Å²) in [6.45, 7) is 1.37. The molecule has 0 bridgehead atoms. The first-order valence-corrected chi connectivity index (χ1v) is 13.5. The average Bonchev–Trinajstić information content (AvgIpc) is 2.85. The number of hydrogen-bond donors (Lipinski definition) is 1. The fourth-order valence-electron chi connectivity index (χ4n) is 6.28. The van der Waals surface area contributed by atoms with Gasteiger partial charge in [-0.25, -0.2) is 0 Å². The van der Waals surface area contributed by atoms with Gasteiger partial charge in [-0.2, -0.15) is 8.42 Å². The number of ketones is 4. The first kappa shape index (κ1) is 25.4. The van der Waals surface area contributed by atoms with Gasteiger partial charge in [-0.3, -0.25) is 24.1 Å². The molecule has 9 nitrogen and oxygen atoms in total. The predicted octanol–water partition coefficient (Wildman–Crippen LogP) is 1.46. The van der Waals surface area contributed by atoms with Gasteiger partial charge in [-0.05, 0) is 63.5 Å². The molecule has 3 aliphatic rings. The summed E-state index contributed by atoms with van der Waals surface area (Å²) < 4.78 is 31.1. The lowest BCUT2D eigenvalue weighted by atomic mass is 9.52. The van der Waals surface area contributed by atoms with Crippen LogP contribution < -0.4 is 4.18 Å². The molecule has 194 valence electrons. The van der Waals surface area contributed by atoms with E-state index >= 15 is 0 Å². The zero-order chi connectivity index (χ0) is 26.9. The highest BCUT2D eigenvalue weighted by Crippen LogP contribution is 2.50. The summed E-state index contributed by atoms with van der Waals surface area (Å²) in [5, 5.41) is 11.6. The maximum Gasteiger partial charge on any atom is 0.339 e. The Morgan fingerprint density at radius 3 is 2.30 bits per heavy atom. The van der Waals surface area contributed by atoms with E-state index in [1.54, 1.807) is 37.2 Å². The van der Waals surface area contributed by atoms with Crippen LogP contribution in [-0.2, 0) is 30.9 Å². The Kier molecular flexibility index (Phi) is 5.97. The summed E-state index contributed by atoms with van der Waals surface area (Å²) >= 11 is 0.